The highest BCUT2D eigenvalue weighted by Gasteiger charge is 2.60. The summed E-state index contributed by atoms with van der Waals surface area (Å²) in [6, 6.07) is 17.3. The SMILES string of the molecule is CCNC(=O)CCN1CCC2(CC1)c1cc(C(=O)NCc3ccccc3Cl)ccc1N(S(=O)(=O)c1ccc(F)cc1)C2C1CC1. The van der Waals surface area contributed by atoms with Crippen LogP contribution in [0.15, 0.2) is 71.6 Å². The second-order valence-corrected chi connectivity index (χ2v) is 14.5. The second-order valence-electron chi connectivity index (χ2n) is 12.2. The van der Waals surface area contributed by atoms with Crippen LogP contribution in [0.4, 0.5) is 10.1 Å². The van der Waals surface area contributed by atoms with Crippen molar-refractivity contribution in [2.75, 3.05) is 30.5 Å². The van der Waals surface area contributed by atoms with E-state index in [1.54, 1.807) is 22.5 Å². The van der Waals surface area contributed by atoms with E-state index >= 15 is 0 Å². The van der Waals surface area contributed by atoms with Gasteiger partial charge in [0.1, 0.15) is 5.82 Å². The molecule has 1 unspecified atom stereocenters. The molecule has 3 aromatic rings. The summed E-state index contributed by atoms with van der Waals surface area (Å²) < 4.78 is 44.1. The lowest BCUT2D eigenvalue weighted by molar-refractivity contribution is -0.121. The smallest absolute Gasteiger partial charge is 0.264 e. The van der Waals surface area contributed by atoms with E-state index < -0.39 is 21.3 Å². The van der Waals surface area contributed by atoms with Gasteiger partial charge in [-0.05, 0) is 111 Å². The fourth-order valence-electron chi connectivity index (χ4n) is 7.06. The van der Waals surface area contributed by atoms with Gasteiger partial charge in [0.15, 0.2) is 0 Å². The number of hydrogen-bond acceptors (Lipinski definition) is 5. The summed E-state index contributed by atoms with van der Waals surface area (Å²) >= 11 is 6.30. The van der Waals surface area contributed by atoms with E-state index in [0.29, 0.717) is 61.7 Å². The van der Waals surface area contributed by atoms with Gasteiger partial charge in [0, 0.05) is 42.1 Å². The first kappa shape index (κ1) is 31.5. The third kappa shape index (κ3) is 6.20. The summed E-state index contributed by atoms with van der Waals surface area (Å²) in [5, 5.41) is 6.38. The van der Waals surface area contributed by atoms with Crippen molar-refractivity contribution in [3.05, 3.63) is 94.3 Å². The molecule has 6 rings (SSSR count). The number of likely N-dealkylation sites (tertiary alicyclic amines) is 1. The fourth-order valence-corrected chi connectivity index (χ4v) is 9.06. The zero-order valence-electron chi connectivity index (χ0n) is 25.3. The lowest BCUT2D eigenvalue weighted by Gasteiger charge is -2.45. The van der Waals surface area contributed by atoms with Crippen molar-refractivity contribution in [2.45, 2.75) is 61.9 Å². The Bertz CT molecular complexity index is 1690. The molecule has 2 amide bonds. The molecule has 1 atom stereocenters. The van der Waals surface area contributed by atoms with Crippen LogP contribution in [-0.4, -0.2) is 57.4 Å². The summed E-state index contributed by atoms with van der Waals surface area (Å²) in [5.41, 5.74) is 2.18. The molecule has 2 N–H and O–H groups in total. The summed E-state index contributed by atoms with van der Waals surface area (Å²) in [4.78, 5) is 27.9. The predicted octanol–water partition coefficient (Wildman–Crippen LogP) is 5.26. The maximum atomic E-state index is 14.3. The van der Waals surface area contributed by atoms with Crippen LogP contribution in [0.25, 0.3) is 0 Å². The predicted molar refractivity (Wildman–Crippen MR) is 172 cm³/mol. The van der Waals surface area contributed by atoms with Gasteiger partial charge in [0.05, 0.1) is 16.6 Å². The van der Waals surface area contributed by atoms with Crippen LogP contribution in [0, 0.1) is 11.7 Å². The molecular formula is C34H38ClFN4O4S. The van der Waals surface area contributed by atoms with E-state index in [4.69, 9.17) is 11.6 Å². The fraction of sp³-hybridized carbons (Fsp3) is 0.412. The lowest BCUT2D eigenvalue weighted by atomic mass is 9.68. The quantitative estimate of drug-likeness (QED) is 0.312. The topological polar surface area (TPSA) is 98.8 Å². The zero-order valence-corrected chi connectivity index (χ0v) is 26.8. The Labute approximate surface area is 269 Å². The maximum absolute atomic E-state index is 14.3. The number of nitrogens with zero attached hydrogens (tertiary/aromatic N) is 2. The van der Waals surface area contributed by atoms with Crippen molar-refractivity contribution >= 4 is 39.1 Å². The van der Waals surface area contributed by atoms with Crippen molar-refractivity contribution in [3.8, 4) is 0 Å². The minimum absolute atomic E-state index is 0.0175. The van der Waals surface area contributed by atoms with Crippen LogP contribution in [0.1, 0.15) is 60.5 Å². The summed E-state index contributed by atoms with van der Waals surface area (Å²) in [5.74, 6) is -0.579. The second kappa shape index (κ2) is 12.7. The molecule has 2 heterocycles. The highest BCUT2D eigenvalue weighted by molar-refractivity contribution is 7.92. The average molecular weight is 653 g/mol. The summed E-state index contributed by atoms with van der Waals surface area (Å²) in [6.07, 6.45) is 3.63. The Morgan fingerprint density at radius 2 is 1.71 bits per heavy atom. The molecule has 238 valence electrons. The highest BCUT2D eigenvalue weighted by Crippen LogP contribution is 2.59. The zero-order chi connectivity index (χ0) is 31.8. The van der Waals surface area contributed by atoms with E-state index in [9.17, 15) is 22.4 Å². The molecule has 1 saturated carbocycles. The number of carbonyl (C=O) groups is 2. The van der Waals surface area contributed by atoms with Gasteiger partial charge in [-0.3, -0.25) is 13.9 Å². The minimum atomic E-state index is -4.04. The van der Waals surface area contributed by atoms with Crippen LogP contribution in [0.2, 0.25) is 5.02 Å². The summed E-state index contributed by atoms with van der Waals surface area (Å²) in [6.45, 7) is 4.79. The van der Waals surface area contributed by atoms with E-state index in [1.807, 2.05) is 31.2 Å². The Balaban J connectivity index is 1.35. The van der Waals surface area contributed by atoms with E-state index in [1.165, 1.54) is 24.3 Å². The number of sulfonamides is 1. The number of rotatable bonds is 10. The van der Waals surface area contributed by atoms with Gasteiger partial charge in [0.2, 0.25) is 5.91 Å². The normalized spacial score (nSPS) is 19.4. The van der Waals surface area contributed by atoms with Crippen LogP contribution in [0.5, 0.6) is 0 Å². The largest absolute Gasteiger partial charge is 0.356 e. The molecule has 2 aliphatic heterocycles. The number of hydrogen-bond donors (Lipinski definition) is 2. The monoisotopic (exact) mass is 652 g/mol. The van der Waals surface area contributed by atoms with Crippen molar-refractivity contribution in [2.24, 2.45) is 5.92 Å². The molecule has 45 heavy (non-hydrogen) atoms. The third-order valence-electron chi connectivity index (χ3n) is 9.46. The molecule has 2 fully saturated rings. The van der Waals surface area contributed by atoms with Crippen molar-refractivity contribution in [3.63, 3.8) is 0 Å². The number of halogens is 2. The number of carbonyl (C=O) groups excluding carboxylic acids is 2. The number of benzene rings is 3. The van der Waals surface area contributed by atoms with E-state index in [2.05, 4.69) is 15.5 Å². The molecule has 0 radical (unpaired) electrons. The number of fused-ring (bicyclic) bond motifs is 2. The molecule has 1 saturated heterocycles. The first-order chi connectivity index (χ1) is 21.6. The van der Waals surface area contributed by atoms with Crippen molar-refractivity contribution < 1.29 is 22.4 Å². The molecule has 3 aliphatic rings. The maximum Gasteiger partial charge on any atom is 0.264 e. The standard InChI is InChI=1S/C34H38ClFN4O4S/c1-2-37-31(41)15-18-39-19-16-34(17-20-39)28-21-24(33(42)38-22-25-5-3-4-6-29(25)35)9-14-30(28)40(32(34)23-7-8-23)45(43,44)27-12-10-26(36)11-13-27/h3-6,9-14,21,23,32H,2,7-8,15-20,22H2,1H3,(H,37,41)(H,38,42). The Morgan fingerprint density at radius 1 is 1.00 bits per heavy atom. The molecule has 1 spiro atoms. The van der Waals surface area contributed by atoms with E-state index in [0.717, 1.165) is 24.0 Å². The van der Waals surface area contributed by atoms with Crippen molar-refractivity contribution in [1.82, 2.24) is 15.5 Å². The van der Waals surface area contributed by atoms with Crippen LogP contribution in [0.3, 0.4) is 0 Å². The highest BCUT2D eigenvalue weighted by atomic mass is 35.5. The van der Waals surface area contributed by atoms with Crippen LogP contribution in [-0.2, 0) is 26.8 Å². The Morgan fingerprint density at radius 3 is 2.38 bits per heavy atom. The van der Waals surface area contributed by atoms with Crippen LogP contribution < -0.4 is 14.9 Å². The molecule has 1 aliphatic carbocycles. The van der Waals surface area contributed by atoms with Gasteiger partial charge in [0.25, 0.3) is 15.9 Å². The summed E-state index contributed by atoms with van der Waals surface area (Å²) in [7, 11) is -4.04. The Kier molecular flexibility index (Phi) is 8.91. The van der Waals surface area contributed by atoms with Gasteiger partial charge in [-0.25, -0.2) is 12.8 Å². The van der Waals surface area contributed by atoms with Gasteiger partial charge in [-0.1, -0.05) is 29.8 Å². The lowest BCUT2D eigenvalue weighted by Crippen LogP contribution is -2.54. The molecular weight excluding hydrogens is 615 g/mol. The average Bonchev–Trinajstić information content (AvgIpc) is 3.84. The third-order valence-corrected chi connectivity index (χ3v) is 11.6. The number of piperidine rings is 1. The molecule has 0 bridgehead atoms. The molecule has 3 aromatic carbocycles. The number of nitrogens with one attached hydrogen (secondary N) is 2. The van der Waals surface area contributed by atoms with Gasteiger partial charge in [-0.15, -0.1) is 0 Å². The number of amides is 2. The number of anilines is 1. The van der Waals surface area contributed by atoms with E-state index in [-0.39, 0.29) is 35.2 Å². The first-order valence-corrected chi connectivity index (χ1v) is 17.4. The minimum Gasteiger partial charge on any atom is -0.356 e. The molecule has 0 aromatic heterocycles. The Hall–Kier alpha value is -3.47. The van der Waals surface area contributed by atoms with Gasteiger partial charge >= 0.3 is 0 Å². The van der Waals surface area contributed by atoms with Crippen molar-refractivity contribution in [1.29, 1.82) is 0 Å². The first-order valence-electron chi connectivity index (χ1n) is 15.6. The van der Waals surface area contributed by atoms with Crippen LogP contribution >= 0.6 is 11.6 Å². The van der Waals surface area contributed by atoms with Gasteiger partial charge in [-0.2, -0.15) is 0 Å². The molecule has 11 heteroatoms. The molecule has 8 nitrogen and oxygen atoms in total. The van der Waals surface area contributed by atoms with Gasteiger partial charge < -0.3 is 15.5 Å².